The van der Waals surface area contributed by atoms with Gasteiger partial charge >= 0.3 is 0 Å². The molecule has 3 aromatic rings. The highest BCUT2D eigenvalue weighted by Gasteiger charge is 2.24. The third-order valence-electron chi connectivity index (χ3n) is 6.11. The van der Waals surface area contributed by atoms with Crippen molar-refractivity contribution in [2.45, 2.75) is 71.1 Å². The number of benzene rings is 2. The molecule has 4 heteroatoms. The molecular weight excluding hydrogens is 368 g/mol. The number of aromatic nitrogens is 2. The van der Waals surface area contributed by atoms with Gasteiger partial charge in [-0.05, 0) is 29.3 Å². The topological polar surface area (TPSA) is 41.0 Å². The monoisotopic (exact) mass is 402 g/mol. The van der Waals surface area contributed by atoms with Gasteiger partial charge in [-0.3, -0.25) is 0 Å². The number of rotatable bonds is 11. The quantitative estimate of drug-likeness (QED) is 0.333. The first-order chi connectivity index (χ1) is 14.9. The highest BCUT2D eigenvalue weighted by molar-refractivity contribution is 5.98. The minimum Gasteiger partial charge on any atom is -0.350 e. The van der Waals surface area contributed by atoms with Gasteiger partial charge in [-0.25, -0.2) is 9.97 Å². The molecule has 0 unspecified atom stereocenters. The molecule has 2 aromatic carbocycles. The fourth-order valence-electron chi connectivity index (χ4n) is 4.42. The van der Waals surface area contributed by atoms with E-state index in [1.807, 2.05) is 6.20 Å². The zero-order valence-corrected chi connectivity index (χ0v) is 18.2. The van der Waals surface area contributed by atoms with Crippen molar-refractivity contribution in [2.75, 3.05) is 16.8 Å². The van der Waals surface area contributed by atoms with Gasteiger partial charge in [0.1, 0.15) is 12.0 Å². The summed E-state index contributed by atoms with van der Waals surface area (Å²) in [4.78, 5) is 11.2. The number of fused-ring (bicyclic) bond motifs is 3. The Bertz CT molecular complexity index is 953. The van der Waals surface area contributed by atoms with Crippen molar-refractivity contribution < 1.29 is 0 Å². The molecule has 0 aliphatic carbocycles. The van der Waals surface area contributed by atoms with E-state index in [-0.39, 0.29) is 0 Å². The lowest BCUT2D eigenvalue weighted by atomic mass is 10.0. The normalized spacial score (nSPS) is 12.5. The minimum absolute atomic E-state index is 0.990. The summed E-state index contributed by atoms with van der Waals surface area (Å²) in [7, 11) is 0. The van der Waals surface area contributed by atoms with Crippen molar-refractivity contribution in [2.24, 2.45) is 0 Å². The van der Waals surface area contributed by atoms with E-state index in [4.69, 9.17) is 0 Å². The van der Waals surface area contributed by atoms with Crippen molar-refractivity contribution >= 4 is 33.7 Å². The van der Waals surface area contributed by atoms with Gasteiger partial charge in [0.05, 0.1) is 17.6 Å². The van der Waals surface area contributed by atoms with Crippen LogP contribution in [0, 0.1) is 0 Å². The molecule has 0 bridgehead atoms. The molecule has 1 N–H and O–H groups in total. The second-order valence-corrected chi connectivity index (χ2v) is 8.44. The van der Waals surface area contributed by atoms with Gasteiger partial charge < -0.3 is 10.2 Å². The standard InChI is InChI=1S/C26H34N4/c1-2-3-4-5-6-7-8-9-10-13-16-30-25-18-22-15-12-11-14-21(22)17-23(25)29-24-19-27-20-28-26(24)30/h11-12,14-15,17-20,29H,2-10,13,16H2,1H3. The highest BCUT2D eigenvalue weighted by Crippen LogP contribution is 2.43. The molecule has 2 heterocycles. The molecule has 0 saturated heterocycles. The molecule has 158 valence electrons. The van der Waals surface area contributed by atoms with Gasteiger partial charge in [-0.15, -0.1) is 0 Å². The third-order valence-corrected chi connectivity index (χ3v) is 6.11. The first kappa shape index (κ1) is 20.6. The molecule has 1 aromatic heterocycles. The summed E-state index contributed by atoms with van der Waals surface area (Å²) >= 11 is 0. The van der Waals surface area contributed by atoms with Crippen LogP contribution in [0.3, 0.4) is 0 Å². The fraction of sp³-hybridized carbons (Fsp3) is 0.462. The summed E-state index contributed by atoms with van der Waals surface area (Å²) in [6, 6.07) is 13.1. The van der Waals surface area contributed by atoms with Gasteiger partial charge in [0, 0.05) is 6.54 Å². The highest BCUT2D eigenvalue weighted by atomic mass is 15.3. The predicted octanol–water partition coefficient (Wildman–Crippen LogP) is 7.75. The van der Waals surface area contributed by atoms with E-state index in [0.717, 1.165) is 23.7 Å². The molecule has 4 nitrogen and oxygen atoms in total. The van der Waals surface area contributed by atoms with E-state index >= 15 is 0 Å². The van der Waals surface area contributed by atoms with E-state index in [0.29, 0.717) is 0 Å². The molecule has 0 atom stereocenters. The summed E-state index contributed by atoms with van der Waals surface area (Å²) in [5, 5.41) is 6.06. The van der Waals surface area contributed by atoms with Gasteiger partial charge in [0.2, 0.25) is 0 Å². The maximum atomic E-state index is 4.60. The van der Waals surface area contributed by atoms with Crippen LogP contribution >= 0.6 is 0 Å². The Labute approximate surface area is 180 Å². The number of nitrogens with zero attached hydrogens (tertiary/aromatic N) is 3. The van der Waals surface area contributed by atoms with Crippen LogP contribution in [0.2, 0.25) is 0 Å². The maximum absolute atomic E-state index is 4.60. The fourth-order valence-corrected chi connectivity index (χ4v) is 4.42. The molecular formula is C26H34N4. The summed E-state index contributed by atoms with van der Waals surface area (Å²) in [5.41, 5.74) is 3.35. The molecule has 1 aliphatic heterocycles. The zero-order chi connectivity index (χ0) is 20.6. The van der Waals surface area contributed by atoms with Crippen molar-refractivity contribution in [3.8, 4) is 0 Å². The third kappa shape index (κ3) is 4.92. The zero-order valence-electron chi connectivity index (χ0n) is 18.2. The molecule has 0 saturated carbocycles. The van der Waals surface area contributed by atoms with Crippen LogP contribution in [-0.2, 0) is 0 Å². The summed E-state index contributed by atoms with van der Waals surface area (Å²) < 4.78 is 0. The molecule has 0 fully saturated rings. The number of hydrogen-bond acceptors (Lipinski definition) is 4. The van der Waals surface area contributed by atoms with Gasteiger partial charge in [-0.2, -0.15) is 0 Å². The van der Waals surface area contributed by atoms with E-state index < -0.39 is 0 Å². The average molecular weight is 403 g/mol. The Balaban J connectivity index is 1.36. The minimum atomic E-state index is 0.990. The van der Waals surface area contributed by atoms with Crippen molar-refractivity contribution in [1.29, 1.82) is 0 Å². The van der Waals surface area contributed by atoms with Crippen molar-refractivity contribution in [3.63, 3.8) is 0 Å². The Morgan fingerprint density at radius 1 is 0.800 bits per heavy atom. The SMILES string of the molecule is CCCCCCCCCCCCN1c2cc3ccccc3cc2Nc2cncnc21. The van der Waals surface area contributed by atoms with Crippen molar-refractivity contribution in [1.82, 2.24) is 9.97 Å². The van der Waals surface area contributed by atoms with Crippen LogP contribution in [0.25, 0.3) is 10.8 Å². The lowest BCUT2D eigenvalue weighted by Gasteiger charge is -2.32. The first-order valence-corrected chi connectivity index (χ1v) is 11.7. The van der Waals surface area contributed by atoms with Crippen LogP contribution in [0.15, 0.2) is 48.9 Å². The molecule has 0 radical (unpaired) electrons. The van der Waals surface area contributed by atoms with Crippen LogP contribution in [0.4, 0.5) is 22.9 Å². The first-order valence-electron chi connectivity index (χ1n) is 11.7. The Morgan fingerprint density at radius 2 is 1.47 bits per heavy atom. The van der Waals surface area contributed by atoms with Crippen LogP contribution < -0.4 is 10.2 Å². The molecule has 1 aliphatic rings. The lowest BCUT2D eigenvalue weighted by Crippen LogP contribution is -2.25. The average Bonchev–Trinajstić information content (AvgIpc) is 2.78. The summed E-state index contributed by atoms with van der Waals surface area (Å²) in [6.45, 7) is 3.28. The number of nitrogens with one attached hydrogen (secondary N) is 1. The van der Waals surface area contributed by atoms with Crippen molar-refractivity contribution in [3.05, 3.63) is 48.9 Å². The number of unbranched alkanes of at least 4 members (excludes halogenated alkanes) is 9. The smallest absolute Gasteiger partial charge is 0.160 e. The van der Waals surface area contributed by atoms with Gasteiger partial charge in [-0.1, -0.05) is 89.0 Å². The lowest BCUT2D eigenvalue weighted by molar-refractivity contribution is 0.557. The maximum Gasteiger partial charge on any atom is 0.160 e. The van der Waals surface area contributed by atoms with E-state index in [1.165, 1.54) is 80.7 Å². The van der Waals surface area contributed by atoms with E-state index in [1.54, 1.807) is 6.33 Å². The predicted molar refractivity (Wildman–Crippen MR) is 128 cm³/mol. The molecule has 4 rings (SSSR count). The second-order valence-electron chi connectivity index (χ2n) is 8.44. The number of anilines is 4. The van der Waals surface area contributed by atoms with E-state index in [9.17, 15) is 0 Å². The summed E-state index contributed by atoms with van der Waals surface area (Å²) in [5.74, 6) is 0.990. The number of hydrogen-bond donors (Lipinski definition) is 1. The molecule has 0 spiro atoms. The van der Waals surface area contributed by atoms with Crippen LogP contribution in [-0.4, -0.2) is 16.5 Å². The Hall–Kier alpha value is -2.62. The largest absolute Gasteiger partial charge is 0.350 e. The Morgan fingerprint density at radius 3 is 2.20 bits per heavy atom. The van der Waals surface area contributed by atoms with E-state index in [2.05, 4.69) is 63.5 Å². The van der Waals surface area contributed by atoms with Gasteiger partial charge in [0.25, 0.3) is 0 Å². The Kier molecular flexibility index (Phi) is 7.17. The molecule has 30 heavy (non-hydrogen) atoms. The second kappa shape index (κ2) is 10.4. The van der Waals surface area contributed by atoms with Gasteiger partial charge in [0.15, 0.2) is 5.82 Å². The van der Waals surface area contributed by atoms with Crippen LogP contribution in [0.1, 0.15) is 71.1 Å². The summed E-state index contributed by atoms with van der Waals surface area (Å²) in [6.07, 6.45) is 17.0. The van der Waals surface area contributed by atoms with Crippen LogP contribution in [0.5, 0.6) is 0 Å². The molecule has 0 amide bonds.